The van der Waals surface area contributed by atoms with E-state index in [9.17, 15) is 0 Å². The van der Waals surface area contributed by atoms with Crippen LogP contribution in [0.3, 0.4) is 0 Å². The lowest BCUT2D eigenvalue weighted by molar-refractivity contribution is -0.0750. The topological polar surface area (TPSA) is 24.5 Å². The Balaban J connectivity index is 1.93. The second-order valence-electron chi connectivity index (χ2n) is 6.41. The van der Waals surface area contributed by atoms with Crippen LogP contribution in [0.2, 0.25) is 0 Å². The highest BCUT2D eigenvalue weighted by Gasteiger charge is 2.32. The zero-order chi connectivity index (χ0) is 13.5. The summed E-state index contributed by atoms with van der Waals surface area (Å²) in [6.45, 7) is 10.6. The second-order valence-corrected chi connectivity index (χ2v) is 6.41. The van der Waals surface area contributed by atoms with Crippen LogP contribution in [0.4, 0.5) is 5.69 Å². The highest BCUT2D eigenvalue weighted by Crippen LogP contribution is 2.31. The molecule has 0 saturated carbocycles. The highest BCUT2D eigenvalue weighted by atomic mass is 16.5. The summed E-state index contributed by atoms with van der Waals surface area (Å²) >= 11 is 0. The van der Waals surface area contributed by atoms with Gasteiger partial charge in [-0.3, -0.25) is 0 Å². The Kier molecular flexibility index (Phi) is 3.27. The molecular weight excluding hydrogens is 236 g/mol. The van der Waals surface area contributed by atoms with Gasteiger partial charge in [0.15, 0.2) is 0 Å². The molecule has 19 heavy (non-hydrogen) atoms. The van der Waals surface area contributed by atoms with Gasteiger partial charge >= 0.3 is 0 Å². The predicted octanol–water partition coefficient (Wildman–Crippen LogP) is 2.34. The van der Waals surface area contributed by atoms with E-state index >= 15 is 0 Å². The maximum Gasteiger partial charge on any atom is 0.0805 e. The van der Waals surface area contributed by atoms with Crippen molar-refractivity contribution in [2.75, 3.05) is 24.5 Å². The third-order valence-electron chi connectivity index (χ3n) is 4.03. The number of nitrogens with zero attached hydrogens (tertiary/aromatic N) is 1. The maximum absolute atomic E-state index is 6.02. The van der Waals surface area contributed by atoms with E-state index in [0.717, 1.165) is 32.6 Å². The van der Waals surface area contributed by atoms with Crippen LogP contribution in [-0.4, -0.2) is 31.3 Å². The van der Waals surface area contributed by atoms with Crippen LogP contribution in [0, 0.1) is 0 Å². The molecule has 1 fully saturated rings. The van der Waals surface area contributed by atoms with E-state index in [1.54, 1.807) is 0 Å². The Morgan fingerprint density at radius 2 is 2.21 bits per heavy atom. The molecule has 0 radical (unpaired) electrons. The number of ether oxygens (including phenoxy) is 1. The Morgan fingerprint density at radius 3 is 3.00 bits per heavy atom. The smallest absolute Gasteiger partial charge is 0.0805 e. The largest absolute Gasteiger partial charge is 0.369 e. The number of anilines is 1. The lowest BCUT2D eigenvalue weighted by Gasteiger charge is -2.44. The molecule has 2 aliphatic heterocycles. The standard InChI is InChI=1S/C16H24N2O/c1-12-10-18(11-16(2,3)19-12)15-6-4-5-13-9-17-8-7-14(13)15/h4-6,12,17H,7-11H2,1-3H3. The minimum Gasteiger partial charge on any atom is -0.369 e. The predicted molar refractivity (Wildman–Crippen MR) is 78.7 cm³/mol. The fraction of sp³-hybridized carbons (Fsp3) is 0.625. The van der Waals surface area contributed by atoms with Gasteiger partial charge in [0, 0.05) is 25.3 Å². The molecule has 3 rings (SSSR count). The first-order valence-electron chi connectivity index (χ1n) is 7.29. The van der Waals surface area contributed by atoms with E-state index < -0.39 is 0 Å². The van der Waals surface area contributed by atoms with Gasteiger partial charge in [-0.05, 0) is 50.9 Å². The molecule has 2 aliphatic rings. The van der Waals surface area contributed by atoms with Crippen LogP contribution in [0.25, 0.3) is 0 Å². The molecule has 104 valence electrons. The van der Waals surface area contributed by atoms with Crippen molar-refractivity contribution in [1.82, 2.24) is 5.32 Å². The third kappa shape index (κ3) is 2.63. The summed E-state index contributed by atoms with van der Waals surface area (Å²) in [6, 6.07) is 6.71. The minimum absolute atomic E-state index is 0.0622. The summed E-state index contributed by atoms with van der Waals surface area (Å²) in [5.41, 5.74) is 4.35. The molecule has 0 aromatic heterocycles. The van der Waals surface area contributed by atoms with Gasteiger partial charge < -0.3 is 15.0 Å². The summed E-state index contributed by atoms with van der Waals surface area (Å²) in [4.78, 5) is 2.51. The zero-order valence-electron chi connectivity index (χ0n) is 12.2. The molecule has 1 unspecified atom stereocenters. The lowest BCUT2D eigenvalue weighted by atomic mass is 9.96. The summed E-state index contributed by atoms with van der Waals surface area (Å²) in [5, 5.41) is 3.45. The van der Waals surface area contributed by atoms with E-state index in [1.165, 1.54) is 16.8 Å². The van der Waals surface area contributed by atoms with Gasteiger partial charge in [0.25, 0.3) is 0 Å². The molecule has 1 atom stereocenters. The summed E-state index contributed by atoms with van der Waals surface area (Å²) < 4.78 is 6.02. The quantitative estimate of drug-likeness (QED) is 0.839. The summed E-state index contributed by atoms with van der Waals surface area (Å²) in [5.74, 6) is 0. The third-order valence-corrected chi connectivity index (χ3v) is 4.03. The number of hydrogen-bond donors (Lipinski definition) is 1. The van der Waals surface area contributed by atoms with E-state index in [1.807, 2.05) is 0 Å². The Hall–Kier alpha value is -1.06. The lowest BCUT2D eigenvalue weighted by Crippen LogP contribution is -2.52. The van der Waals surface area contributed by atoms with Crippen molar-refractivity contribution < 1.29 is 4.74 Å². The van der Waals surface area contributed by atoms with Crippen molar-refractivity contribution in [3.8, 4) is 0 Å². The van der Waals surface area contributed by atoms with Crippen molar-refractivity contribution in [3.63, 3.8) is 0 Å². The number of benzene rings is 1. The molecule has 2 heterocycles. The van der Waals surface area contributed by atoms with Crippen LogP contribution in [0.15, 0.2) is 18.2 Å². The molecular formula is C16H24N2O. The van der Waals surface area contributed by atoms with Gasteiger partial charge in [-0.1, -0.05) is 12.1 Å². The van der Waals surface area contributed by atoms with Crippen LogP contribution in [0.1, 0.15) is 31.9 Å². The van der Waals surface area contributed by atoms with Crippen molar-refractivity contribution in [3.05, 3.63) is 29.3 Å². The molecule has 1 aromatic rings. The molecule has 1 aromatic carbocycles. The molecule has 0 aliphatic carbocycles. The van der Waals surface area contributed by atoms with Gasteiger partial charge in [0.1, 0.15) is 0 Å². The number of rotatable bonds is 1. The Bertz CT molecular complexity index is 470. The molecule has 1 saturated heterocycles. The summed E-state index contributed by atoms with van der Waals surface area (Å²) in [7, 11) is 0. The van der Waals surface area contributed by atoms with Crippen molar-refractivity contribution in [2.45, 2.75) is 45.4 Å². The van der Waals surface area contributed by atoms with Gasteiger partial charge in [-0.15, -0.1) is 0 Å². The molecule has 0 amide bonds. The summed E-state index contributed by atoms with van der Waals surface area (Å²) in [6.07, 6.45) is 1.43. The fourth-order valence-electron chi connectivity index (χ4n) is 3.45. The van der Waals surface area contributed by atoms with Crippen LogP contribution in [0.5, 0.6) is 0 Å². The Morgan fingerprint density at radius 1 is 1.37 bits per heavy atom. The SMILES string of the molecule is CC1CN(c2cccc3c2CCNC3)CC(C)(C)O1. The van der Waals surface area contributed by atoms with Gasteiger partial charge in [-0.25, -0.2) is 0 Å². The van der Waals surface area contributed by atoms with Crippen molar-refractivity contribution in [1.29, 1.82) is 0 Å². The zero-order valence-corrected chi connectivity index (χ0v) is 12.2. The average Bonchev–Trinajstić information content (AvgIpc) is 2.35. The molecule has 0 bridgehead atoms. The van der Waals surface area contributed by atoms with E-state index in [-0.39, 0.29) is 5.60 Å². The number of nitrogens with one attached hydrogen (secondary N) is 1. The van der Waals surface area contributed by atoms with Crippen LogP contribution < -0.4 is 10.2 Å². The normalized spacial score (nSPS) is 26.1. The monoisotopic (exact) mass is 260 g/mol. The maximum atomic E-state index is 6.02. The van der Waals surface area contributed by atoms with Gasteiger partial charge in [0.05, 0.1) is 11.7 Å². The molecule has 0 spiro atoms. The first kappa shape index (κ1) is 12.9. The van der Waals surface area contributed by atoms with Crippen LogP contribution >= 0.6 is 0 Å². The highest BCUT2D eigenvalue weighted by molar-refractivity contribution is 5.58. The van der Waals surface area contributed by atoms with E-state index in [0.29, 0.717) is 6.10 Å². The van der Waals surface area contributed by atoms with Crippen molar-refractivity contribution >= 4 is 5.69 Å². The Labute approximate surface area is 115 Å². The fourth-order valence-corrected chi connectivity index (χ4v) is 3.45. The molecule has 3 nitrogen and oxygen atoms in total. The molecule has 3 heteroatoms. The average molecular weight is 260 g/mol. The number of morpholine rings is 1. The van der Waals surface area contributed by atoms with Crippen molar-refractivity contribution in [2.24, 2.45) is 0 Å². The first-order chi connectivity index (χ1) is 9.05. The van der Waals surface area contributed by atoms with E-state index in [2.05, 4.69) is 49.2 Å². The van der Waals surface area contributed by atoms with Gasteiger partial charge in [-0.2, -0.15) is 0 Å². The second kappa shape index (κ2) is 4.80. The van der Waals surface area contributed by atoms with E-state index in [4.69, 9.17) is 4.74 Å². The van der Waals surface area contributed by atoms with Gasteiger partial charge in [0.2, 0.25) is 0 Å². The number of fused-ring (bicyclic) bond motifs is 1. The number of hydrogen-bond acceptors (Lipinski definition) is 3. The van der Waals surface area contributed by atoms with Crippen LogP contribution in [-0.2, 0) is 17.7 Å². The molecule has 1 N–H and O–H groups in total. The first-order valence-corrected chi connectivity index (χ1v) is 7.29. The minimum atomic E-state index is -0.0622.